The molecule has 0 aromatic rings. The standard InChI is InChI=1S/C11H18O2/c1-6-10(7-8(2)3)9(4)11(12)13-5/h6-7,9-10H,1H2,2-5H3/t9-,10-/m1/s1. The molecule has 13 heavy (non-hydrogen) atoms. The molecule has 0 heterocycles. The smallest absolute Gasteiger partial charge is 0.309 e. The van der Waals surface area contributed by atoms with Crippen LogP contribution in [0, 0.1) is 11.8 Å². The van der Waals surface area contributed by atoms with Gasteiger partial charge in [0.1, 0.15) is 0 Å². The maximum atomic E-state index is 11.2. The van der Waals surface area contributed by atoms with Gasteiger partial charge in [0.15, 0.2) is 0 Å². The first kappa shape index (κ1) is 11.9. The van der Waals surface area contributed by atoms with E-state index in [2.05, 4.69) is 11.3 Å². The molecule has 0 aliphatic rings. The minimum absolute atomic E-state index is 0.0671. The van der Waals surface area contributed by atoms with Gasteiger partial charge in [-0.3, -0.25) is 4.79 Å². The van der Waals surface area contributed by atoms with Crippen molar-refractivity contribution in [3.8, 4) is 0 Å². The van der Waals surface area contributed by atoms with E-state index in [1.54, 1.807) is 6.08 Å². The number of esters is 1. The summed E-state index contributed by atoms with van der Waals surface area (Å²) in [6, 6.07) is 0. The molecule has 0 amide bonds. The van der Waals surface area contributed by atoms with Crippen LogP contribution in [-0.2, 0) is 9.53 Å². The Morgan fingerprint density at radius 3 is 2.31 bits per heavy atom. The van der Waals surface area contributed by atoms with E-state index in [-0.39, 0.29) is 17.8 Å². The second-order valence-electron chi connectivity index (χ2n) is 3.37. The van der Waals surface area contributed by atoms with Crippen LogP contribution in [0.1, 0.15) is 20.8 Å². The normalized spacial score (nSPS) is 14.2. The molecule has 0 saturated carbocycles. The molecule has 0 saturated heterocycles. The summed E-state index contributed by atoms with van der Waals surface area (Å²) in [6.07, 6.45) is 3.79. The highest BCUT2D eigenvalue weighted by Crippen LogP contribution is 2.17. The van der Waals surface area contributed by atoms with Gasteiger partial charge in [-0.1, -0.05) is 24.6 Å². The summed E-state index contributed by atoms with van der Waals surface area (Å²) in [5.74, 6) is -0.280. The van der Waals surface area contributed by atoms with Crippen LogP contribution in [0.25, 0.3) is 0 Å². The highest BCUT2D eigenvalue weighted by Gasteiger charge is 2.19. The Labute approximate surface area is 80.3 Å². The zero-order chi connectivity index (χ0) is 10.4. The lowest BCUT2D eigenvalue weighted by molar-refractivity contribution is -0.145. The number of hydrogen-bond donors (Lipinski definition) is 0. The molecular formula is C11H18O2. The van der Waals surface area contributed by atoms with Gasteiger partial charge in [-0.2, -0.15) is 0 Å². The predicted molar refractivity (Wildman–Crippen MR) is 54.3 cm³/mol. The lowest BCUT2D eigenvalue weighted by Crippen LogP contribution is -2.19. The van der Waals surface area contributed by atoms with Crippen LogP contribution in [0.3, 0.4) is 0 Å². The highest BCUT2D eigenvalue weighted by molar-refractivity contribution is 5.72. The fourth-order valence-corrected chi connectivity index (χ4v) is 1.14. The Hall–Kier alpha value is -1.05. The Morgan fingerprint density at radius 1 is 1.46 bits per heavy atom. The first-order chi connectivity index (χ1) is 6.02. The van der Waals surface area contributed by atoms with E-state index in [1.165, 1.54) is 12.7 Å². The van der Waals surface area contributed by atoms with Crippen LogP contribution in [0.2, 0.25) is 0 Å². The SMILES string of the molecule is C=C[C@H](C=C(C)C)[C@@H](C)C(=O)OC. The minimum Gasteiger partial charge on any atom is -0.469 e. The summed E-state index contributed by atoms with van der Waals surface area (Å²) in [7, 11) is 1.40. The molecule has 0 N–H and O–H groups in total. The third-order valence-electron chi connectivity index (χ3n) is 1.95. The van der Waals surface area contributed by atoms with Crippen LogP contribution < -0.4 is 0 Å². The first-order valence-electron chi connectivity index (χ1n) is 4.38. The van der Waals surface area contributed by atoms with E-state index < -0.39 is 0 Å². The molecule has 0 rings (SSSR count). The van der Waals surface area contributed by atoms with Gasteiger partial charge in [0.05, 0.1) is 13.0 Å². The summed E-state index contributed by atoms with van der Waals surface area (Å²) >= 11 is 0. The van der Waals surface area contributed by atoms with Crippen molar-refractivity contribution >= 4 is 5.97 Å². The number of methoxy groups -OCH3 is 1. The molecule has 0 aromatic carbocycles. The van der Waals surface area contributed by atoms with Crippen LogP contribution in [0.15, 0.2) is 24.3 Å². The van der Waals surface area contributed by atoms with Crippen molar-refractivity contribution in [2.75, 3.05) is 7.11 Å². The largest absolute Gasteiger partial charge is 0.469 e. The van der Waals surface area contributed by atoms with E-state index >= 15 is 0 Å². The van der Waals surface area contributed by atoms with Gasteiger partial charge in [-0.05, 0) is 13.8 Å². The van der Waals surface area contributed by atoms with Gasteiger partial charge < -0.3 is 4.74 Å². The van der Waals surface area contributed by atoms with Crippen LogP contribution in [0.5, 0.6) is 0 Å². The van der Waals surface area contributed by atoms with E-state index in [0.717, 1.165) is 0 Å². The quantitative estimate of drug-likeness (QED) is 0.493. The van der Waals surface area contributed by atoms with Gasteiger partial charge >= 0.3 is 5.97 Å². The average molecular weight is 182 g/mol. The molecule has 0 aliphatic carbocycles. The Bertz CT molecular complexity index is 212. The van der Waals surface area contributed by atoms with Crippen molar-refractivity contribution in [1.29, 1.82) is 0 Å². The number of hydrogen-bond acceptors (Lipinski definition) is 2. The summed E-state index contributed by atoms with van der Waals surface area (Å²) < 4.78 is 4.66. The summed E-state index contributed by atoms with van der Waals surface area (Å²) in [5, 5.41) is 0. The number of carbonyl (C=O) groups is 1. The van der Waals surface area contributed by atoms with Gasteiger partial charge in [-0.15, -0.1) is 6.58 Å². The molecule has 0 bridgehead atoms. The van der Waals surface area contributed by atoms with Crippen LogP contribution in [-0.4, -0.2) is 13.1 Å². The minimum atomic E-state index is -0.192. The zero-order valence-corrected chi connectivity index (χ0v) is 8.83. The number of rotatable bonds is 4. The highest BCUT2D eigenvalue weighted by atomic mass is 16.5. The van der Waals surface area contributed by atoms with E-state index in [4.69, 9.17) is 0 Å². The molecule has 0 unspecified atom stereocenters. The summed E-state index contributed by atoms with van der Waals surface area (Å²) in [5.41, 5.74) is 1.18. The van der Waals surface area contributed by atoms with Crippen molar-refractivity contribution in [1.82, 2.24) is 0 Å². The third kappa shape index (κ3) is 3.92. The molecular weight excluding hydrogens is 164 g/mol. The molecule has 0 fully saturated rings. The molecule has 2 atom stereocenters. The van der Waals surface area contributed by atoms with Crippen molar-refractivity contribution in [2.45, 2.75) is 20.8 Å². The molecule has 0 radical (unpaired) electrons. The van der Waals surface area contributed by atoms with Crippen molar-refractivity contribution in [2.24, 2.45) is 11.8 Å². The van der Waals surface area contributed by atoms with Crippen molar-refractivity contribution < 1.29 is 9.53 Å². The predicted octanol–water partition coefficient (Wildman–Crippen LogP) is 2.56. The van der Waals surface area contributed by atoms with Gasteiger partial charge in [-0.25, -0.2) is 0 Å². The third-order valence-corrected chi connectivity index (χ3v) is 1.95. The number of carbonyl (C=O) groups excluding carboxylic acids is 1. The zero-order valence-electron chi connectivity index (χ0n) is 8.83. The second kappa shape index (κ2) is 5.57. The second-order valence-corrected chi connectivity index (χ2v) is 3.37. The number of allylic oxidation sites excluding steroid dienone is 3. The van der Waals surface area contributed by atoms with Gasteiger partial charge in [0, 0.05) is 5.92 Å². The Balaban J connectivity index is 4.49. The molecule has 0 spiro atoms. The lowest BCUT2D eigenvalue weighted by atomic mass is 9.92. The topological polar surface area (TPSA) is 26.3 Å². The maximum Gasteiger partial charge on any atom is 0.309 e. The van der Waals surface area contributed by atoms with E-state index in [9.17, 15) is 4.79 Å². The fourth-order valence-electron chi connectivity index (χ4n) is 1.14. The Kier molecular flexibility index (Phi) is 5.12. The fraction of sp³-hybridized carbons (Fsp3) is 0.545. The summed E-state index contributed by atoms with van der Waals surface area (Å²) in [4.78, 5) is 11.2. The van der Waals surface area contributed by atoms with Crippen LogP contribution in [0.4, 0.5) is 0 Å². The molecule has 2 nitrogen and oxygen atoms in total. The monoisotopic (exact) mass is 182 g/mol. The van der Waals surface area contributed by atoms with E-state index in [0.29, 0.717) is 0 Å². The lowest BCUT2D eigenvalue weighted by Gasteiger charge is -2.15. The van der Waals surface area contributed by atoms with Crippen molar-refractivity contribution in [3.63, 3.8) is 0 Å². The molecule has 74 valence electrons. The average Bonchev–Trinajstić information content (AvgIpc) is 2.11. The first-order valence-corrected chi connectivity index (χ1v) is 4.38. The van der Waals surface area contributed by atoms with Gasteiger partial charge in [0.2, 0.25) is 0 Å². The van der Waals surface area contributed by atoms with Gasteiger partial charge in [0.25, 0.3) is 0 Å². The Morgan fingerprint density at radius 2 is 2.00 bits per heavy atom. The molecule has 0 aliphatic heterocycles. The van der Waals surface area contributed by atoms with E-state index in [1.807, 2.05) is 26.8 Å². The van der Waals surface area contributed by atoms with Crippen LogP contribution >= 0.6 is 0 Å². The van der Waals surface area contributed by atoms with Crippen molar-refractivity contribution in [3.05, 3.63) is 24.3 Å². The molecule has 0 aromatic heterocycles. The molecule has 2 heteroatoms. The summed E-state index contributed by atoms with van der Waals surface area (Å²) in [6.45, 7) is 9.55. The number of ether oxygens (including phenoxy) is 1. The maximum absolute atomic E-state index is 11.2.